The van der Waals surface area contributed by atoms with Gasteiger partial charge in [-0.2, -0.15) is 0 Å². The molecule has 1 aliphatic heterocycles. The molecule has 0 aliphatic carbocycles. The third kappa shape index (κ3) is 2.80. The number of fused-ring (bicyclic) bond motifs is 1. The molecule has 4 rings (SSSR count). The lowest BCUT2D eigenvalue weighted by Crippen LogP contribution is -2.02. The number of anilines is 1. The molecule has 124 valence electrons. The number of aromatic nitrogens is 1. The highest BCUT2D eigenvalue weighted by atomic mass is 19.1. The highest BCUT2D eigenvalue weighted by Gasteiger charge is 2.21. The highest BCUT2D eigenvalue weighted by molar-refractivity contribution is 6.07. The number of benzene rings is 2. The first-order chi connectivity index (χ1) is 12.2. The van der Waals surface area contributed by atoms with Gasteiger partial charge in [0.15, 0.2) is 5.82 Å². The van der Waals surface area contributed by atoms with Crippen molar-refractivity contribution in [1.82, 2.24) is 4.98 Å². The van der Waals surface area contributed by atoms with Crippen molar-refractivity contribution < 1.29 is 4.39 Å². The minimum atomic E-state index is -0.166. The quantitative estimate of drug-likeness (QED) is 0.707. The van der Waals surface area contributed by atoms with E-state index in [-0.39, 0.29) is 5.82 Å². The molecule has 3 nitrogen and oxygen atoms in total. The molecule has 0 spiro atoms. The van der Waals surface area contributed by atoms with Crippen molar-refractivity contribution >= 4 is 17.2 Å². The Labute approximate surface area is 146 Å². The van der Waals surface area contributed by atoms with Gasteiger partial charge in [-0.3, -0.25) is 0 Å². The van der Waals surface area contributed by atoms with Gasteiger partial charge in [0.25, 0.3) is 0 Å². The number of rotatable bonds is 3. The SMILES string of the molecule is CCc1ccc(-c2ccnc3c2CC(c2cccc(N)c2)=N3)cc1F. The van der Waals surface area contributed by atoms with Crippen LogP contribution < -0.4 is 5.73 Å². The van der Waals surface area contributed by atoms with Crippen molar-refractivity contribution in [1.29, 1.82) is 0 Å². The van der Waals surface area contributed by atoms with E-state index in [2.05, 4.69) is 9.98 Å². The summed E-state index contributed by atoms with van der Waals surface area (Å²) in [5.74, 6) is 0.537. The number of pyridine rings is 1. The van der Waals surface area contributed by atoms with E-state index >= 15 is 0 Å². The topological polar surface area (TPSA) is 51.3 Å². The molecule has 0 saturated carbocycles. The van der Waals surface area contributed by atoms with E-state index in [4.69, 9.17) is 5.73 Å². The number of halogens is 1. The second-order valence-electron chi connectivity index (χ2n) is 6.18. The van der Waals surface area contributed by atoms with E-state index in [0.29, 0.717) is 24.3 Å². The molecule has 3 aromatic rings. The number of aliphatic imine (C=N–C) groups is 1. The first kappa shape index (κ1) is 15.5. The molecule has 1 aliphatic rings. The standard InChI is InChI=1S/C21H18FN3/c1-2-13-6-7-14(11-19(13)22)17-8-9-24-21-18(17)12-20(25-21)15-4-3-5-16(23)10-15/h3-11H,2,12,23H2,1H3. The molecule has 0 saturated heterocycles. The van der Waals surface area contributed by atoms with Crippen LogP contribution in [-0.4, -0.2) is 10.7 Å². The summed E-state index contributed by atoms with van der Waals surface area (Å²) in [6.45, 7) is 1.95. The fourth-order valence-corrected chi connectivity index (χ4v) is 3.24. The number of nitrogen functional groups attached to an aromatic ring is 1. The second kappa shape index (κ2) is 6.13. The third-order valence-corrected chi connectivity index (χ3v) is 4.58. The Hall–Kier alpha value is -3.01. The zero-order chi connectivity index (χ0) is 17.4. The van der Waals surface area contributed by atoms with Crippen LogP contribution in [0.3, 0.4) is 0 Å². The fraction of sp³-hybridized carbons (Fsp3) is 0.143. The Morgan fingerprint density at radius 3 is 2.72 bits per heavy atom. The fourth-order valence-electron chi connectivity index (χ4n) is 3.24. The molecular formula is C21H18FN3. The van der Waals surface area contributed by atoms with Crippen LogP contribution in [0.2, 0.25) is 0 Å². The van der Waals surface area contributed by atoms with Crippen LogP contribution in [0.5, 0.6) is 0 Å². The van der Waals surface area contributed by atoms with E-state index in [1.807, 2.05) is 49.4 Å². The number of hydrogen-bond donors (Lipinski definition) is 1. The second-order valence-corrected chi connectivity index (χ2v) is 6.18. The molecule has 2 N–H and O–H groups in total. The number of aryl methyl sites for hydroxylation is 1. The molecule has 2 heterocycles. The summed E-state index contributed by atoms with van der Waals surface area (Å²) in [4.78, 5) is 9.05. The van der Waals surface area contributed by atoms with Crippen LogP contribution in [0.15, 0.2) is 59.7 Å². The first-order valence-electron chi connectivity index (χ1n) is 8.36. The van der Waals surface area contributed by atoms with Crippen molar-refractivity contribution in [2.24, 2.45) is 4.99 Å². The molecular weight excluding hydrogens is 313 g/mol. The van der Waals surface area contributed by atoms with Crippen molar-refractivity contribution in [2.75, 3.05) is 5.73 Å². The summed E-state index contributed by atoms with van der Waals surface area (Å²) in [6.07, 6.45) is 3.08. The lowest BCUT2D eigenvalue weighted by Gasteiger charge is -2.09. The minimum Gasteiger partial charge on any atom is -0.399 e. The lowest BCUT2D eigenvalue weighted by molar-refractivity contribution is 0.613. The van der Waals surface area contributed by atoms with E-state index < -0.39 is 0 Å². The summed E-state index contributed by atoms with van der Waals surface area (Å²) in [5, 5.41) is 0. The van der Waals surface area contributed by atoms with Crippen LogP contribution in [0.1, 0.15) is 23.6 Å². The van der Waals surface area contributed by atoms with Crippen LogP contribution in [-0.2, 0) is 12.8 Å². The number of hydrogen-bond acceptors (Lipinski definition) is 3. The molecule has 4 heteroatoms. The zero-order valence-electron chi connectivity index (χ0n) is 14.0. The molecule has 2 aromatic carbocycles. The van der Waals surface area contributed by atoms with E-state index in [0.717, 1.165) is 33.5 Å². The molecule has 0 bridgehead atoms. The summed E-state index contributed by atoms with van der Waals surface area (Å²) < 4.78 is 14.2. The summed E-state index contributed by atoms with van der Waals surface area (Å²) in [7, 11) is 0. The number of nitrogens with two attached hydrogens (primary N) is 1. The van der Waals surface area contributed by atoms with Gasteiger partial charge in [-0.05, 0) is 52.9 Å². The Morgan fingerprint density at radius 2 is 1.96 bits per heavy atom. The predicted octanol–water partition coefficient (Wildman–Crippen LogP) is 4.71. The molecule has 0 radical (unpaired) electrons. The van der Waals surface area contributed by atoms with Gasteiger partial charge < -0.3 is 5.73 Å². The number of nitrogens with zero attached hydrogens (tertiary/aromatic N) is 2. The van der Waals surface area contributed by atoms with Crippen LogP contribution in [0.4, 0.5) is 15.9 Å². The van der Waals surface area contributed by atoms with E-state index in [1.165, 1.54) is 0 Å². The van der Waals surface area contributed by atoms with Gasteiger partial charge in [0.2, 0.25) is 0 Å². The van der Waals surface area contributed by atoms with Gasteiger partial charge >= 0.3 is 0 Å². The Bertz CT molecular complexity index is 992. The maximum absolute atomic E-state index is 14.2. The van der Waals surface area contributed by atoms with Crippen LogP contribution in [0, 0.1) is 5.82 Å². The van der Waals surface area contributed by atoms with Gasteiger partial charge in [-0.15, -0.1) is 0 Å². The van der Waals surface area contributed by atoms with Gasteiger partial charge in [0, 0.05) is 23.9 Å². The molecule has 0 amide bonds. The average molecular weight is 331 g/mol. The van der Waals surface area contributed by atoms with Gasteiger partial charge in [-0.25, -0.2) is 14.4 Å². The molecule has 0 atom stereocenters. The normalized spacial score (nSPS) is 12.8. The van der Waals surface area contributed by atoms with Crippen molar-refractivity contribution in [2.45, 2.75) is 19.8 Å². The Kier molecular flexibility index (Phi) is 3.80. The largest absolute Gasteiger partial charge is 0.399 e. The van der Waals surface area contributed by atoms with Crippen molar-refractivity contribution in [3.05, 3.63) is 77.2 Å². The van der Waals surface area contributed by atoms with Gasteiger partial charge in [-0.1, -0.05) is 31.2 Å². The lowest BCUT2D eigenvalue weighted by atomic mass is 9.96. The molecule has 0 fully saturated rings. The summed E-state index contributed by atoms with van der Waals surface area (Å²) >= 11 is 0. The van der Waals surface area contributed by atoms with Crippen molar-refractivity contribution in [3.8, 4) is 11.1 Å². The van der Waals surface area contributed by atoms with Gasteiger partial charge in [0.1, 0.15) is 5.82 Å². The Balaban J connectivity index is 1.74. The molecule has 25 heavy (non-hydrogen) atoms. The van der Waals surface area contributed by atoms with Crippen LogP contribution >= 0.6 is 0 Å². The maximum atomic E-state index is 14.2. The highest BCUT2D eigenvalue weighted by Crippen LogP contribution is 2.35. The van der Waals surface area contributed by atoms with Crippen LogP contribution in [0.25, 0.3) is 11.1 Å². The predicted molar refractivity (Wildman–Crippen MR) is 99.8 cm³/mol. The summed E-state index contributed by atoms with van der Waals surface area (Å²) in [5.41, 5.74) is 12.1. The smallest absolute Gasteiger partial charge is 0.156 e. The zero-order valence-corrected chi connectivity index (χ0v) is 14.0. The van der Waals surface area contributed by atoms with Crippen molar-refractivity contribution in [3.63, 3.8) is 0 Å². The average Bonchev–Trinajstić information content (AvgIpc) is 3.06. The first-order valence-corrected chi connectivity index (χ1v) is 8.36. The summed E-state index contributed by atoms with van der Waals surface area (Å²) in [6, 6.07) is 15.0. The maximum Gasteiger partial charge on any atom is 0.156 e. The minimum absolute atomic E-state index is 0.166. The third-order valence-electron chi connectivity index (χ3n) is 4.58. The monoisotopic (exact) mass is 331 g/mol. The van der Waals surface area contributed by atoms with E-state index in [1.54, 1.807) is 12.3 Å². The molecule has 0 unspecified atom stereocenters. The molecule has 1 aromatic heterocycles. The van der Waals surface area contributed by atoms with Gasteiger partial charge in [0.05, 0.1) is 5.71 Å². The Morgan fingerprint density at radius 1 is 1.08 bits per heavy atom. The van der Waals surface area contributed by atoms with E-state index in [9.17, 15) is 4.39 Å².